The summed E-state index contributed by atoms with van der Waals surface area (Å²) in [6.07, 6.45) is 0.0277. The molecular weight excluding hydrogens is 380 g/mol. The molecule has 3 N–H and O–H groups in total. The average Bonchev–Trinajstić information content (AvgIpc) is 2.69. The number of ether oxygens (including phenoxy) is 2. The van der Waals surface area contributed by atoms with Crippen molar-refractivity contribution in [1.29, 1.82) is 0 Å². The number of methoxy groups -OCH3 is 1. The molecule has 0 saturated heterocycles. The van der Waals surface area contributed by atoms with Crippen LogP contribution in [0.5, 0.6) is 5.75 Å². The van der Waals surface area contributed by atoms with Gasteiger partial charge < -0.3 is 20.5 Å². The minimum atomic E-state index is -1.01. The first-order valence-electron chi connectivity index (χ1n) is 9.01. The number of rotatable bonds is 7. The lowest BCUT2D eigenvalue weighted by Crippen LogP contribution is -2.30. The number of carbonyl (C=O) groups is 2. The van der Waals surface area contributed by atoms with Gasteiger partial charge in [-0.3, -0.25) is 4.79 Å². The van der Waals surface area contributed by atoms with Crippen LogP contribution < -0.4 is 15.8 Å². The van der Waals surface area contributed by atoms with Gasteiger partial charge in [0.25, 0.3) is 5.91 Å². The van der Waals surface area contributed by atoms with Crippen molar-refractivity contribution < 1.29 is 19.1 Å². The normalized spacial score (nSPS) is 12.8. The van der Waals surface area contributed by atoms with Crippen LogP contribution in [-0.4, -0.2) is 25.1 Å². The average molecular weight is 405 g/mol. The van der Waals surface area contributed by atoms with Crippen LogP contribution in [-0.2, 0) is 9.53 Å². The highest BCUT2D eigenvalue weighted by Gasteiger charge is 2.22. The van der Waals surface area contributed by atoms with E-state index in [0.29, 0.717) is 11.6 Å². The monoisotopic (exact) mass is 404 g/mol. The van der Waals surface area contributed by atoms with Gasteiger partial charge in [0.15, 0.2) is 6.10 Å². The molecule has 2 rings (SSSR count). The molecule has 0 bridgehead atoms. The van der Waals surface area contributed by atoms with Crippen molar-refractivity contribution in [2.45, 2.75) is 39.2 Å². The summed E-state index contributed by atoms with van der Waals surface area (Å²) in [6.45, 7) is 5.76. The number of nitrogens with one attached hydrogen (secondary N) is 1. The molecule has 0 aliphatic carbocycles. The van der Waals surface area contributed by atoms with Crippen LogP contribution in [0.4, 0.5) is 11.4 Å². The molecule has 28 heavy (non-hydrogen) atoms. The van der Waals surface area contributed by atoms with Gasteiger partial charge in [-0.05, 0) is 43.0 Å². The van der Waals surface area contributed by atoms with Gasteiger partial charge in [0.2, 0.25) is 0 Å². The first-order valence-corrected chi connectivity index (χ1v) is 9.39. The fourth-order valence-corrected chi connectivity index (χ4v) is 2.71. The predicted octanol–water partition coefficient (Wildman–Crippen LogP) is 4.63. The van der Waals surface area contributed by atoms with E-state index < -0.39 is 18.0 Å². The maximum absolute atomic E-state index is 12.4. The highest BCUT2D eigenvalue weighted by Crippen LogP contribution is 2.29. The van der Waals surface area contributed by atoms with Gasteiger partial charge in [-0.2, -0.15) is 0 Å². The molecular formula is C21H25ClN2O4. The Labute approximate surface area is 170 Å². The molecule has 2 aromatic carbocycles. The molecule has 0 radical (unpaired) electrons. The van der Waals surface area contributed by atoms with Crippen molar-refractivity contribution in [2.24, 2.45) is 0 Å². The fourth-order valence-electron chi connectivity index (χ4n) is 2.55. The summed E-state index contributed by atoms with van der Waals surface area (Å²) in [7, 11) is 1.40. The molecule has 0 aliphatic heterocycles. The maximum atomic E-state index is 12.4. The number of nitrogens with two attached hydrogens (primary N) is 1. The second kappa shape index (κ2) is 9.46. The van der Waals surface area contributed by atoms with Crippen LogP contribution >= 0.6 is 11.6 Å². The van der Waals surface area contributed by atoms with E-state index in [2.05, 4.69) is 19.2 Å². The number of hydrogen-bond acceptors (Lipinski definition) is 5. The van der Waals surface area contributed by atoms with Crippen LogP contribution in [0, 0.1) is 0 Å². The van der Waals surface area contributed by atoms with Gasteiger partial charge in [0.1, 0.15) is 11.3 Å². The molecule has 0 spiro atoms. The largest absolute Gasteiger partial charge is 0.496 e. The van der Waals surface area contributed by atoms with Gasteiger partial charge in [-0.1, -0.05) is 37.6 Å². The Balaban J connectivity index is 2.04. The topological polar surface area (TPSA) is 90.7 Å². The van der Waals surface area contributed by atoms with Crippen molar-refractivity contribution in [2.75, 3.05) is 18.2 Å². The quantitative estimate of drug-likeness (QED) is 0.518. The zero-order valence-corrected chi connectivity index (χ0v) is 17.2. The molecule has 0 aromatic heterocycles. The number of anilines is 2. The van der Waals surface area contributed by atoms with Crippen LogP contribution in [0.1, 0.15) is 49.0 Å². The Hall–Kier alpha value is -2.73. The standard InChI is InChI=1S/C21H25ClN2O4/c1-5-12(2)14-6-8-15(9-7-14)24-20(25)13(3)28-21(26)16-10-17(22)18(23)11-19(16)27-4/h6-13H,5,23H2,1-4H3,(H,24,25)/t12-,13-/m1/s1. The summed E-state index contributed by atoms with van der Waals surface area (Å²) in [5.41, 5.74) is 7.92. The molecule has 0 fully saturated rings. The summed E-state index contributed by atoms with van der Waals surface area (Å²) < 4.78 is 10.4. The highest BCUT2D eigenvalue weighted by atomic mass is 35.5. The lowest BCUT2D eigenvalue weighted by molar-refractivity contribution is -0.123. The molecule has 0 unspecified atom stereocenters. The van der Waals surface area contributed by atoms with Crippen LogP contribution in [0.15, 0.2) is 36.4 Å². The SMILES string of the molecule is CC[C@@H](C)c1ccc(NC(=O)[C@@H](C)OC(=O)c2cc(Cl)c(N)cc2OC)cc1. The Morgan fingerprint density at radius 3 is 2.39 bits per heavy atom. The summed E-state index contributed by atoms with van der Waals surface area (Å²) in [6, 6.07) is 10.4. The predicted molar refractivity (Wildman–Crippen MR) is 111 cm³/mol. The Morgan fingerprint density at radius 2 is 1.82 bits per heavy atom. The second-order valence-electron chi connectivity index (χ2n) is 6.54. The molecule has 7 heteroatoms. The van der Waals surface area contributed by atoms with Crippen LogP contribution in [0.2, 0.25) is 5.02 Å². The molecule has 0 saturated carbocycles. The Morgan fingerprint density at radius 1 is 1.18 bits per heavy atom. The van der Waals surface area contributed by atoms with Gasteiger partial charge in [0.05, 0.1) is 17.8 Å². The van der Waals surface area contributed by atoms with Crippen molar-refractivity contribution in [3.63, 3.8) is 0 Å². The summed E-state index contributed by atoms with van der Waals surface area (Å²) in [4.78, 5) is 24.8. The summed E-state index contributed by atoms with van der Waals surface area (Å²) in [5, 5.41) is 2.94. The van der Waals surface area contributed by atoms with E-state index in [0.717, 1.165) is 6.42 Å². The maximum Gasteiger partial charge on any atom is 0.342 e. The number of esters is 1. The van der Waals surface area contributed by atoms with E-state index in [9.17, 15) is 9.59 Å². The summed E-state index contributed by atoms with van der Waals surface area (Å²) >= 11 is 5.97. The van der Waals surface area contributed by atoms with E-state index in [1.165, 1.54) is 31.7 Å². The second-order valence-corrected chi connectivity index (χ2v) is 6.95. The first kappa shape index (κ1) is 21.6. The third-order valence-corrected chi connectivity index (χ3v) is 4.88. The summed E-state index contributed by atoms with van der Waals surface area (Å²) in [5.74, 6) is -0.495. The molecule has 150 valence electrons. The minimum absolute atomic E-state index is 0.0965. The van der Waals surface area contributed by atoms with Crippen molar-refractivity contribution in [3.8, 4) is 5.75 Å². The number of benzene rings is 2. The smallest absolute Gasteiger partial charge is 0.342 e. The zero-order valence-electron chi connectivity index (χ0n) is 16.4. The third kappa shape index (κ3) is 5.16. The number of hydrogen-bond donors (Lipinski definition) is 2. The number of nitrogen functional groups attached to an aromatic ring is 1. The lowest BCUT2D eigenvalue weighted by Gasteiger charge is -2.16. The van der Waals surface area contributed by atoms with Crippen molar-refractivity contribution in [3.05, 3.63) is 52.5 Å². The first-order chi connectivity index (χ1) is 13.3. The van der Waals surface area contributed by atoms with Crippen molar-refractivity contribution in [1.82, 2.24) is 0 Å². The molecule has 6 nitrogen and oxygen atoms in total. The van der Waals surface area contributed by atoms with Crippen molar-refractivity contribution >= 4 is 34.9 Å². The third-order valence-electron chi connectivity index (χ3n) is 4.55. The van der Waals surface area contributed by atoms with Crippen LogP contribution in [0.3, 0.4) is 0 Å². The fraction of sp³-hybridized carbons (Fsp3) is 0.333. The minimum Gasteiger partial charge on any atom is -0.496 e. The Bertz CT molecular complexity index is 852. The Kier molecular flexibility index (Phi) is 7.29. The molecule has 1 amide bonds. The molecule has 2 atom stereocenters. The van der Waals surface area contributed by atoms with Gasteiger partial charge in [0, 0.05) is 11.8 Å². The van der Waals surface area contributed by atoms with E-state index in [1.807, 2.05) is 24.3 Å². The number of amides is 1. The molecule has 0 aliphatic rings. The lowest BCUT2D eigenvalue weighted by atomic mass is 9.99. The highest BCUT2D eigenvalue weighted by molar-refractivity contribution is 6.33. The van der Waals surface area contributed by atoms with E-state index in [4.69, 9.17) is 26.8 Å². The van der Waals surface area contributed by atoms with E-state index >= 15 is 0 Å². The van der Waals surface area contributed by atoms with Gasteiger partial charge in [-0.25, -0.2) is 4.79 Å². The van der Waals surface area contributed by atoms with E-state index in [-0.39, 0.29) is 22.0 Å². The van der Waals surface area contributed by atoms with E-state index in [1.54, 1.807) is 0 Å². The van der Waals surface area contributed by atoms with Gasteiger partial charge >= 0.3 is 5.97 Å². The van der Waals surface area contributed by atoms with Gasteiger partial charge in [-0.15, -0.1) is 0 Å². The molecule has 2 aromatic rings. The number of carbonyl (C=O) groups excluding carboxylic acids is 2. The number of halogens is 1. The molecule has 0 heterocycles. The zero-order chi connectivity index (χ0) is 20.8. The van der Waals surface area contributed by atoms with Crippen LogP contribution in [0.25, 0.3) is 0 Å².